The Morgan fingerprint density at radius 3 is 2.56 bits per heavy atom. The average Bonchev–Trinajstić information content (AvgIpc) is 2.69. The molecule has 1 fully saturated rings. The van der Waals surface area contributed by atoms with Crippen LogP contribution in [0, 0.1) is 0 Å². The molecule has 1 amide bonds. The van der Waals surface area contributed by atoms with E-state index in [9.17, 15) is 4.79 Å². The van der Waals surface area contributed by atoms with E-state index >= 15 is 0 Å². The summed E-state index contributed by atoms with van der Waals surface area (Å²) in [4.78, 5) is 27.5. The molecule has 0 bridgehead atoms. The molecular formula is C20H28N6O. The largest absolute Gasteiger partial charge is 0.369 e. The van der Waals surface area contributed by atoms with Crippen LogP contribution in [0.2, 0.25) is 0 Å². The lowest BCUT2D eigenvalue weighted by Crippen LogP contribution is -2.48. The molecule has 1 aliphatic rings. The molecule has 0 spiro atoms. The number of piperazine rings is 1. The molecule has 1 N–H and O–H groups in total. The van der Waals surface area contributed by atoms with Crippen LogP contribution in [-0.2, 0) is 6.54 Å². The van der Waals surface area contributed by atoms with Crippen molar-refractivity contribution in [2.45, 2.75) is 6.54 Å². The normalized spacial score (nSPS) is 15.1. The van der Waals surface area contributed by atoms with Crippen LogP contribution >= 0.6 is 0 Å². The molecule has 144 valence electrons. The van der Waals surface area contributed by atoms with Gasteiger partial charge in [-0.15, -0.1) is 0 Å². The van der Waals surface area contributed by atoms with Gasteiger partial charge in [0.2, 0.25) is 0 Å². The van der Waals surface area contributed by atoms with Gasteiger partial charge in [0.25, 0.3) is 5.91 Å². The predicted molar refractivity (Wildman–Crippen MR) is 107 cm³/mol. The minimum atomic E-state index is -0.0209. The van der Waals surface area contributed by atoms with Gasteiger partial charge in [-0.25, -0.2) is 9.97 Å². The fourth-order valence-electron chi connectivity index (χ4n) is 3.09. The van der Waals surface area contributed by atoms with Crippen molar-refractivity contribution in [2.24, 2.45) is 0 Å². The zero-order valence-electron chi connectivity index (χ0n) is 16.1. The van der Waals surface area contributed by atoms with Crippen LogP contribution in [0.5, 0.6) is 0 Å². The molecule has 1 aromatic carbocycles. The highest BCUT2D eigenvalue weighted by Gasteiger charge is 2.23. The highest BCUT2D eigenvalue weighted by molar-refractivity contribution is 5.93. The first-order chi connectivity index (χ1) is 13.1. The SMILES string of the molecule is CN(C)CCNc1cc(C(=O)N2CCN(Cc3ccccc3)CC2)ncn1. The second-order valence-corrected chi connectivity index (χ2v) is 7.07. The first kappa shape index (κ1) is 19.3. The van der Waals surface area contributed by atoms with Crippen molar-refractivity contribution in [1.29, 1.82) is 0 Å². The van der Waals surface area contributed by atoms with Crippen LogP contribution in [-0.4, -0.2) is 83.9 Å². The van der Waals surface area contributed by atoms with Gasteiger partial charge in [0, 0.05) is 51.9 Å². The summed E-state index contributed by atoms with van der Waals surface area (Å²) in [5, 5.41) is 3.24. The number of nitrogens with zero attached hydrogens (tertiary/aromatic N) is 5. The Labute approximate surface area is 161 Å². The Balaban J connectivity index is 1.51. The molecule has 1 aliphatic heterocycles. The van der Waals surface area contributed by atoms with Gasteiger partial charge in [-0.05, 0) is 19.7 Å². The monoisotopic (exact) mass is 368 g/mol. The molecule has 2 heterocycles. The van der Waals surface area contributed by atoms with E-state index < -0.39 is 0 Å². The van der Waals surface area contributed by atoms with Gasteiger partial charge in [-0.1, -0.05) is 30.3 Å². The van der Waals surface area contributed by atoms with Crippen molar-refractivity contribution in [2.75, 3.05) is 58.7 Å². The minimum absolute atomic E-state index is 0.0209. The van der Waals surface area contributed by atoms with Crippen molar-refractivity contribution >= 4 is 11.7 Å². The number of hydrogen-bond acceptors (Lipinski definition) is 6. The quantitative estimate of drug-likeness (QED) is 0.797. The van der Waals surface area contributed by atoms with Gasteiger partial charge < -0.3 is 15.1 Å². The number of nitrogens with one attached hydrogen (secondary N) is 1. The van der Waals surface area contributed by atoms with Crippen LogP contribution in [0.15, 0.2) is 42.7 Å². The van der Waals surface area contributed by atoms with Crippen LogP contribution in [0.1, 0.15) is 16.1 Å². The first-order valence-electron chi connectivity index (χ1n) is 9.38. The minimum Gasteiger partial charge on any atom is -0.369 e. The Hall–Kier alpha value is -2.51. The number of rotatable bonds is 7. The number of likely N-dealkylation sites (N-methyl/N-ethyl adjacent to an activating group) is 1. The van der Waals surface area contributed by atoms with Crippen molar-refractivity contribution in [3.63, 3.8) is 0 Å². The molecule has 0 saturated carbocycles. The molecular weight excluding hydrogens is 340 g/mol. The van der Waals surface area contributed by atoms with Gasteiger partial charge in [0.05, 0.1) is 0 Å². The zero-order valence-corrected chi connectivity index (χ0v) is 16.1. The number of aromatic nitrogens is 2. The second-order valence-electron chi connectivity index (χ2n) is 7.07. The highest BCUT2D eigenvalue weighted by Crippen LogP contribution is 2.12. The summed E-state index contributed by atoms with van der Waals surface area (Å²) in [5.41, 5.74) is 1.76. The number of anilines is 1. The molecule has 0 unspecified atom stereocenters. The third kappa shape index (κ3) is 5.74. The molecule has 27 heavy (non-hydrogen) atoms. The Morgan fingerprint density at radius 2 is 1.85 bits per heavy atom. The average molecular weight is 368 g/mol. The van der Waals surface area contributed by atoms with Crippen molar-refractivity contribution in [1.82, 2.24) is 24.7 Å². The van der Waals surface area contributed by atoms with E-state index in [2.05, 4.69) is 49.4 Å². The molecule has 2 aromatic rings. The van der Waals surface area contributed by atoms with Gasteiger partial charge in [-0.3, -0.25) is 9.69 Å². The lowest BCUT2D eigenvalue weighted by Gasteiger charge is -2.34. The van der Waals surface area contributed by atoms with E-state index in [1.165, 1.54) is 11.9 Å². The van der Waals surface area contributed by atoms with Crippen LogP contribution in [0.3, 0.4) is 0 Å². The van der Waals surface area contributed by atoms with E-state index in [-0.39, 0.29) is 5.91 Å². The number of carbonyl (C=O) groups is 1. The molecule has 0 atom stereocenters. The van der Waals surface area contributed by atoms with Gasteiger partial charge in [0.15, 0.2) is 0 Å². The number of hydrogen-bond donors (Lipinski definition) is 1. The summed E-state index contributed by atoms with van der Waals surface area (Å²) in [6.45, 7) is 5.79. The fourth-order valence-corrected chi connectivity index (χ4v) is 3.09. The summed E-state index contributed by atoms with van der Waals surface area (Å²) < 4.78 is 0. The first-order valence-corrected chi connectivity index (χ1v) is 9.38. The smallest absolute Gasteiger partial charge is 0.272 e. The Morgan fingerprint density at radius 1 is 1.11 bits per heavy atom. The fraction of sp³-hybridized carbons (Fsp3) is 0.450. The van der Waals surface area contributed by atoms with Gasteiger partial charge in [0.1, 0.15) is 17.8 Å². The van der Waals surface area contributed by atoms with Gasteiger partial charge >= 0.3 is 0 Å². The molecule has 3 rings (SSSR count). The van der Waals surface area contributed by atoms with Crippen LogP contribution < -0.4 is 5.32 Å². The molecule has 7 nitrogen and oxygen atoms in total. The van der Waals surface area contributed by atoms with Crippen LogP contribution in [0.4, 0.5) is 5.82 Å². The number of carbonyl (C=O) groups excluding carboxylic acids is 1. The second kappa shape index (κ2) is 9.43. The molecule has 0 aliphatic carbocycles. The van der Waals surface area contributed by atoms with Crippen molar-refractivity contribution in [3.8, 4) is 0 Å². The standard InChI is InChI=1S/C20H28N6O/c1-24(2)9-8-21-19-14-18(22-16-23-19)20(27)26-12-10-25(11-13-26)15-17-6-4-3-5-7-17/h3-7,14,16H,8-13,15H2,1-2H3,(H,21,22,23). The number of amides is 1. The number of benzene rings is 1. The zero-order chi connectivity index (χ0) is 19.1. The van der Waals surface area contributed by atoms with Gasteiger partial charge in [-0.2, -0.15) is 0 Å². The summed E-state index contributed by atoms with van der Waals surface area (Å²) in [6, 6.07) is 12.2. The van der Waals surface area contributed by atoms with E-state index in [4.69, 9.17) is 0 Å². The summed E-state index contributed by atoms with van der Waals surface area (Å²) in [6.07, 6.45) is 1.46. The Kier molecular flexibility index (Phi) is 6.73. The lowest BCUT2D eigenvalue weighted by atomic mass is 10.2. The molecule has 1 saturated heterocycles. The maximum absolute atomic E-state index is 12.8. The van der Waals surface area contributed by atoms with Crippen molar-refractivity contribution < 1.29 is 4.79 Å². The highest BCUT2D eigenvalue weighted by atomic mass is 16.2. The predicted octanol–water partition coefficient (Wildman–Crippen LogP) is 1.41. The van der Waals surface area contributed by atoms with E-state index in [1.54, 1.807) is 6.07 Å². The molecule has 7 heteroatoms. The maximum atomic E-state index is 12.8. The summed E-state index contributed by atoms with van der Waals surface area (Å²) in [7, 11) is 4.04. The molecule has 1 aromatic heterocycles. The van der Waals surface area contributed by atoms with E-state index in [0.29, 0.717) is 11.5 Å². The van der Waals surface area contributed by atoms with E-state index in [0.717, 1.165) is 45.8 Å². The molecule has 0 radical (unpaired) electrons. The Bertz CT molecular complexity index is 728. The maximum Gasteiger partial charge on any atom is 0.272 e. The van der Waals surface area contributed by atoms with E-state index in [1.807, 2.05) is 25.1 Å². The van der Waals surface area contributed by atoms with Crippen LogP contribution in [0.25, 0.3) is 0 Å². The topological polar surface area (TPSA) is 64.6 Å². The summed E-state index contributed by atoms with van der Waals surface area (Å²) in [5.74, 6) is 0.672. The van der Waals surface area contributed by atoms with Crippen molar-refractivity contribution in [3.05, 3.63) is 54.0 Å². The third-order valence-electron chi connectivity index (χ3n) is 4.66. The summed E-state index contributed by atoms with van der Waals surface area (Å²) >= 11 is 0. The lowest BCUT2D eigenvalue weighted by molar-refractivity contribution is 0.0622. The third-order valence-corrected chi connectivity index (χ3v) is 4.66.